The van der Waals surface area contributed by atoms with Gasteiger partial charge in [-0.2, -0.15) is 0 Å². The van der Waals surface area contributed by atoms with Crippen LogP contribution in [0.4, 0.5) is 11.4 Å². The number of benzene rings is 1. The minimum absolute atomic E-state index is 0.884. The minimum Gasteiger partial charge on any atom is -0.453 e. The molecule has 1 aromatic carbocycles. The summed E-state index contributed by atoms with van der Waals surface area (Å²) in [4.78, 5) is 7.07. The predicted octanol–water partition coefficient (Wildman–Crippen LogP) is 3.60. The van der Waals surface area contributed by atoms with E-state index in [2.05, 4.69) is 40.2 Å². The standard InChI is InChI=1S/C16H16N2O/c1-2-6-15-13(5-1)17-14-8-7-12(11-16(14)19-15)18-9-3-4-10-18/h1,5-8,11H,2-4,9-10H2. The third-order valence-electron chi connectivity index (χ3n) is 3.84. The molecule has 0 atom stereocenters. The van der Waals surface area contributed by atoms with Crippen molar-refractivity contribution in [3.63, 3.8) is 0 Å². The molecule has 2 heterocycles. The highest BCUT2D eigenvalue weighted by atomic mass is 16.5. The Bertz CT molecular complexity index is 607. The molecule has 2 aliphatic heterocycles. The third-order valence-corrected chi connectivity index (χ3v) is 3.84. The molecular weight excluding hydrogens is 236 g/mol. The Hall–Kier alpha value is -2.03. The van der Waals surface area contributed by atoms with Crippen LogP contribution >= 0.6 is 0 Å². The van der Waals surface area contributed by atoms with E-state index in [4.69, 9.17) is 4.74 Å². The van der Waals surface area contributed by atoms with E-state index < -0.39 is 0 Å². The molecule has 0 bridgehead atoms. The smallest absolute Gasteiger partial charge is 0.155 e. The quantitative estimate of drug-likeness (QED) is 0.763. The highest BCUT2D eigenvalue weighted by Gasteiger charge is 2.20. The van der Waals surface area contributed by atoms with Crippen LogP contribution in [-0.4, -0.2) is 18.8 Å². The van der Waals surface area contributed by atoms with Gasteiger partial charge in [-0.1, -0.05) is 6.08 Å². The van der Waals surface area contributed by atoms with Gasteiger partial charge >= 0.3 is 0 Å². The van der Waals surface area contributed by atoms with Crippen LogP contribution in [0.15, 0.2) is 47.2 Å². The third kappa shape index (κ3) is 1.86. The number of ether oxygens (including phenoxy) is 1. The molecule has 1 fully saturated rings. The molecule has 3 nitrogen and oxygen atoms in total. The summed E-state index contributed by atoms with van der Waals surface area (Å²) in [5.41, 5.74) is 3.12. The van der Waals surface area contributed by atoms with Crippen LogP contribution in [0.25, 0.3) is 0 Å². The Morgan fingerprint density at radius 1 is 1.16 bits per heavy atom. The SMILES string of the molecule is C1=CC2=Nc3ccc(N4CCCC4)cc3OC2=CC1. The molecule has 0 aromatic heterocycles. The molecule has 0 saturated carbocycles. The van der Waals surface area contributed by atoms with Crippen molar-refractivity contribution in [2.45, 2.75) is 19.3 Å². The molecule has 19 heavy (non-hydrogen) atoms. The molecule has 0 unspecified atom stereocenters. The van der Waals surface area contributed by atoms with Crippen LogP contribution in [-0.2, 0) is 0 Å². The second-order valence-corrected chi connectivity index (χ2v) is 5.15. The number of hydrogen-bond acceptors (Lipinski definition) is 3. The van der Waals surface area contributed by atoms with E-state index in [-0.39, 0.29) is 0 Å². The van der Waals surface area contributed by atoms with E-state index in [9.17, 15) is 0 Å². The van der Waals surface area contributed by atoms with Gasteiger partial charge in [0.25, 0.3) is 0 Å². The van der Waals surface area contributed by atoms with Crippen molar-refractivity contribution in [3.8, 4) is 5.75 Å². The lowest BCUT2D eigenvalue weighted by Gasteiger charge is -2.23. The molecule has 3 heteroatoms. The monoisotopic (exact) mass is 252 g/mol. The number of aliphatic imine (C=N–C) groups is 1. The molecule has 1 saturated heterocycles. The van der Waals surface area contributed by atoms with Gasteiger partial charge in [0.1, 0.15) is 17.2 Å². The van der Waals surface area contributed by atoms with Gasteiger partial charge in [-0.15, -0.1) is 0 Å². The number of allylic oxidation sites excluding steroid dienone is 3. The average Bonchev–Trinajstić information content (AvgIpc) is 2.98. The van der Waals surface area contributed by atoms with Crippen molar-refractivity contribution in [1.82, 2.24) is 0 Å². The van der Waals surface area contributed by atoms with Crippen molar-refractivity contribution in [2.75, 3.05) is 18.0 Å². The predicted molar refractivity (Wildman–Crippen MR) is 77.5 cm³/mol. The molecule has 96 valence electrons. The van der Waals surface area contributed by atoms with Gasteiger partial charge in [0.15, 0.2) is 5.75 Å². The molecule has 0 radical (unpaired) electrons. The normalized spacial score (nSPS) is 20.3. The van der Waals surface area contributed by atoms with E-state index >= 15 is 0 Å². The topological polar surface area (TPSA) is 24.8 Å². The Balaban J connectivity index is 1.73. The number of fused-ring (bicyclic) bond motifs is 2. The fourth-order valence-electron chi connectivity index (χ4n) is 2.82. The van der Waals surface area contributed by atoms with Crippen LogP contribution in [0.5, 0.6) is 5.75 Å². The summed E-state index contributed by atoms with van der Waals surface area (Å²) < 4.78 is 5.99. The van der Waals surface area contributed by atoms with E-state index in [1.54, 1.807) is 0 Å². The first-order valence-electron chi connectivity index (χ1n) is 6.93. The molecule has 0 amide bonds. The first-order valence-corrected chi connectivity index (χ1v) is 6.93. The van der Waals surface area contributed by atoms with Crippen LogP contribution in [0.2, 0.25) is 0 Å². The minimum atomic E-state index is 0.884. The summed E-state index contributed by atoms with van der Waals surface area (Å²) in [5.74, 6) is 1.78. The van der Waals surface area contributed by atoms with E-state index in [1.807, 2.05) is 6.08 Å². The van der Waals surface area contributed by atoms with Gasteiger partial charge in [-0.3, -0.25) is 0 Å². The maximum atomic E-state index is 5.99. The van der Waals surface area contributed by atoms with Crippen molar-refractivity contribution < 1.29 is 4.74 Å². The van der Waals surface area contributed by atoms with Crippen LogP contribution in [0.3, 0.4) is 0 Å². The van der Waals surface area contributed by atoms with Crippen LogP contribution in [0.1, 0.15) is 19.3 Å². The second-order valence-electron chi connectivity index (χ2n) is 5.15. The second kappa shape index (κ2) is 4.26. The van der Waals surface area contributed by atoms with Crippen LogP contribution < -0.4 is 9.64 Å². The molecule has 0 spiro atoms. The Labute approximate surface area is 112 Å². The number of rotatable bonds is 1. The molecule has 1 aromatic rings. The lowest BCUT2D eigenvalue weighted by molar-refractivity contribution is 0.448. The Kier molecular flexibility index (Phi) is 2.44. The van der Waals surface area contributed by atoms with Crippen molar-refractivity contribution in [3.05, 3.63) is 42.2 Å². The molecule has 3 aliphatic rings. The largest absolute Gasteiger partial charge is 0.453 e. The Morgan fingerprint density at radius 3 is 2.95 bits per heavy atom. The average molecular weight is 252 g/mol. The van der Waals surface area contributed by atoms with Crippen molar-refractivity contribution in [1.29, 1.82) is 0 Å². The van der Waals surface area contributed by atoms with Gasteiger partial charge in [0.05, 0.1) is 0 Å². The maximum Gasteiger partial charge on any atom is 0.155 e. The summed E-state index contributed by atoms with van der Waals surface area (Å²) >= 11 is 0. The van der Waals surface area contributed by atoms with Crippen molar-refractivity contribution >= 4 is 17.1 Å². The summed E-state index contributed by atoms with van der Waals surface area (Å²) in [7, 11) is 0. The molecule has 0 N–H and O–H groups in total. The van der Waals surface area contributed by atoms with Gasteiger partial charge < -0.3 is 9.64 Å². The van der Waals surface area contributed by atoms with E-state index in [0.717, 1.165) is 42.4 Å². The van der Waals surface area contributed by atoms with Crippen LogP contribution in [0, 0.1) is 0 Å². The maximum absolute atomic E-state index is 5.99. The zero-order valence-electron chi connectivity index (χ0n) is 10.8. The fourth-order valence-corrected chi connectivity index (χ4v) is 2.82. The fraction of sp³-hybridized carbons (Fsp3) is 0.312. The summed E-state index contributed by atoms with van der Waals surface area (Å²) in [6.07, 6.45) is 9.73. The molecular formula is C16H16N2O. The zero-order chi connectivity index (χ0) is 12.7. The Morgan fingerprint density at radius 2 is 2.05 bits per heavy atom. The number of hydrogen-bond donors (Lipinski definition) is 0. The van der Waals surface area contributed by atoms with Gasteiger partial charge in [-0.05, 0) is 43.5 Å². The lowest BCUT2D eigenvalue weighted by atomic mass is 10.1. The summed E-state index contributed by atoms with van der Waals surface area (Å²) in [6, 6.07) is 6.34. The van der Waals surface area contributed by atoms with Gasteiger partial charge in [0, 0.05) is 24.8 Å². The molecule has 4 rings (SSSR count). The first-order chi connectivity index (χ1) is 9.40. The highest BCUT2D eigenvalue weighted by molar-refractivity contribution is 6.10. The molecule has 1 aliphatic carbocycles. The van der Waals surface area contributed by atoms with Gasteiger partial charge in [-0.25, -0.2) is 4.99 Å². The highest BCUT2D eigenvalue weighted by Crippen LogP contribution is 2.38. The van der Waals surface area contributed by atoms with E-state index in [0.29, 0.717) is 0 Å². The van der Waals surface area contributed by atoms with E-state index in [1.165, 1.54) is 18.5 Å². The number of nitrogens with zero attached hydrogens (tertiary/aromatic N) is 2. The van der Waals surface area contributed by atoms with Crippen molar-refractivity contribution in [2.24, 2.45) is 4.99 Å². The lowest BCUT2D eigenvalue weighted by Crippen LogP contribution is -2.18. The summed E-state index contributed by atoms with van der Waals surface area (Å²) in [6.45, 7) is 2.30. The number of anilines is 1. The summed E-state index contributed by atoms with van der Waals surface area (Å²) in [5, 5.41) is 0. The van der Waals surface area contributed by atoms with Gasteiger partial charge in [0.2, 0.25) is 0 Å². The zero-order valence-corrected chi connectivity index (χ0v) is 10.8. The first kappa shape index (κ1) is 10.9.